The predicted octanol–water partition coefficient (Wildman–Crippen LogP) is 2.67. The molecule has 2 aromatic rings. The number of hydrogen-bond acceptors (Lipinski definition) is 4. The molecule has 0 aliphatic heterocycles. The maximum absolute atomic E-state index is 11.9. The molecular weight excluding hydrogens is 340 g/mol. The highest BCUT2D eigenvalue weighted by molar-refractivity contribution is 9.10. The number of nitrogens with zero attached hydrogens (tertiary/aromatic N) is 1. The monoisotopic (exact) mass is 354 g/mol. The number of H-pyrrole nitrogens is 1. The van der Waals surface area contributed by atoms with Crippen LogP contribution in [0.1, 0.15) is 17.1 Å². The zero-order valence-electron chi connectivity index (χ0n) is 11.0. The van der Waals surface area contributed by atoms with Crippen molar-refractivity contribution in [3.8, 4) is 0 Å². The standard InChI is InChI=1S/C14H15BrN2O2S/c1-9-12(5-6-18)14(19)17-13(16-9)8-20-11-4-2-3-10(15)7-11/h2-4,7,18H,5-6,8H2,1H3,(H,16,17,19). The smallest absolute Gasteiger partial charge is 0.254 e. The number of aliphatic hydroxyl groups is 1. The van der Waals surface area contributed by atoms with Gasteiger partial charge in [0.1, 0.15) is 5.82 Å². The lowest BCUT2D eigenvalue weighted by Crippen LogP contribution is -2.19. The first-order chi connectivity index (χ1) is 9.60. The van der Waals surface area contributed by atoms with Gasteiger partial charge in [0.25, 0.3) is 5.56 Å². The summed E-state index contributed by atoms with van der Waals surface area (Å²) in [5.41, 5.74) is 1.09. The van der Waals surface area contributed by atoms with Gasteiger partial charge in [0.2, 0.25) is 0 Å². The minimum atomic E-state index is -0.156. The summed E-state index contributed by atoms with van der Waals surface area (Å²) in [6.07, 6.45) is 0.340. The summed E-state index contributed by atoms with van der Waals surface area (Å²) in [5.74, 6) is 1.26. The van der Waals surface area contributed by atoms with Crippen LogP contribution in [0.4, 0.5) is 0 Å². The Morgan fingerprint density at radius 3 is 2.90 bits per heavy atom. The van der Waals surface area contributed by atoms with Gasteiger partial charge in [-0.15, -0.1) is 11.8 Å². The zero-order chi connectivity index (χ0) is 14.5. The average Bonchev–Trinajstić information content (AvgIpc) is 2.41. The highest BCUT2D eigenvalue weighted by Gasteiger charge is 2.08. The molecule has 0 spiro atoms. The summed E-state index contributed by atoms with van der Waals surface area (Å²) in [4.78, 5) is 20.2. The van der Waals surface area contributed by atoms with Crippen molar-refractivity contribution in [2.45, 2.75) is 24.0 Å². The molecule has 0 unspecified atom stereocenters. The number of aromatic nitrogens is 2. The van der Waals surface area contributed by atoms with E-state index in [9.17, 15) is 4.79 Å². The highest BCUT2D eigenvalue weighted by Crippen LogP contribution is 2.24. The van der Waals surface area contributed by atoms with Crippen molar-refractivity contribution in [1.29, 1.82) is 0 Å². The fourth-order valence-electron chi connectivity index (χ4n) is 1.85. The summed E-state index contributed by atoms with van der Waals surface area (Å²) in [7, 11) is 0. The lowest BCUT2D eigenvalue weighted by molar-refractivity contribution is 0.298. The fourth-order valence-corrected chi connectivity index (χ4v) is 3.23. The van der Waals surface area contributed by atoms with Gasteiger partial charge in [-0.05, 0) is 25.1 Å². The maximum Gasteiger partial charge on any atom is 0.254 e. The van der Waals surface area contributed by atoms with Gasteiger partial charge in [0, 0.05) is 33.7 Å². The van der Waals surface area contributed by atoms with Crippen molar-refractivity contribution in [3.63, 3.8) is 0 Å². The van der Waals surface area contributed by atoms with Gasteiger partial charge in [-0.3, -0.25) is 4.79 Å². The van der Waals surface area contributed by atoms with Gasteiger partial charge in [0.05, 0.1) is 5.75 Å². The molecule has 0 atom stereocenters. The first-order valence-electron chi connectivity index (χ1n) is 6.18. The Balaban J connectivity index is 2.13. The Kier molecular flexibility index (Phi) is 5.39. The highest BCUT2D eigenvalue weighted by atomic mass is 79.9. The van der Waals surface area contributed by atoms with E-state index in [1.165, 1.54) is 0 Å². The molecule has 0 saturated carbocycles. The van der Waals surface area contributed by atoms with Crippen LogP contribution in [0.25, 0.3) is 0 Å². The summed E-state index contributed by atoms with van der Waals surface area (Å²) >= 11 is 5.04. The van der Waals surface area contributed by atoms with Crippen LogP contribution in [0.5, 0.6) is 0 Å². The Morgan fingerprint density at radius 1 is 1.45 bits per heavy atom. The van der Waals surface area contributed by atoms with Crippen LogP contribution in [0.3, 0.4) is 0 Å². The first kappa shape index (κ1) is 15.3. The van der Waals surface area contributed by atoms with Gasteiger partial charge < -0.3 is 10.1 Å². The van der Waals surface area contributed by atoms with E-state index < -0.39 is 0 Å². The van der Waals surface area contributed by atoms with E-state index in [1.807, 2.05) is 24.3 Å². The number of halogens is 1. The largest absolute Gasteiger partial charge is 0.396 e. The van der Waals surface area contributed by atoms with Gasteiger partial charge in [0.15, 0.2) is 0 Å². The van der Waals surface area contributed by atoms with Crippen molar-refractivity contribution >= 4 is 27.7 Å². The third-order valence-electron chi connectivity index (χ3n) is 2.80. The van der Waals surface area contributed by atoms with E-state index >= 15 is 0 Å². The van der Waals surface area contributed by atoms with E-state index in [0.29, 0.717) is 29.3 Å². The van der Waals surface area contributed by atoms with E-state index in [0.717, 1.165) is 9.37 Å². The number of hydrogen-bond donors (Lipinski definition) is 2. The third-order valence-corrected chi connectivity index (χ3v) is 4.30. The number of nitrogens with one attached hydrogen (secondary N) is 1. The Labute approximate surface area is 129 Å². The van der Waals surface area contributed by atoms with Crippen LogP contribution < -0.4 is 5.56 Å². The quantitative estimate of drug-likeness (QED) is 0.810. The summed E-state index contributed by atoms with van der Waals surface area (Å²) in [6, 6.07) is 7.98. The van der Waals surface area contributed by atoms with Crippen LogP contribution in [0.15, 0.2) is 38.4 Å². The van der Waals surface area contributed by atoms with Gasteiger partial charge in [-0.2, -0.15) is 0 Å². The van der Waals surface area contributed by atoms with Crippen LogP contribution >= 0.6 is 27.7 Å². The summed E-state index contributed by atoms with van der Waals surface area (Å²) in [5, 5.41) is 8.93. The molecule has 0 aliphatic carbocycles. The number of rotatable bonds is 5. The average molecular weight is 355 g/mol. The topological polar surface area (TPSA) is 66.0 Å². The van der Waals surface area contributed by atoms with Gasteiger partial charge in [-0.1, -0.05) is 22.0 Å². The van der Waals surface area contributed by atoms with Crippen molar-refractivity contribution in [2.24, 2.45) is 0 Å². The molecule has 0 saturated heterocycles. The maximum atomic E-state index is 11.9. The third kappa shape index (κ3) is 3.94. The summed E-state index contributed by atoms with van der Waals surface area (Å²) in [6.45, 7) is 1.76. The SMILES string of the molecule is Cc1nc(CSc2cccc(Br)c2)[nH]c(=O)c1CCO. The number of thioether (sulfide) groups is 1. The van der Waals surface area contributed by atoms with Gasteiger partial charge >= 0.3 is 0 Å². The number of aryl methyl sites for hydroxylation is 1. The molecule has 20 heavy (non-hydrogen) atoms. The molecule has 2 rings (SSSR count). The Hall–Kier alpha value is -1.11. The predicted molar refractivity (Wildman–Crippen MR) is 84.1 cm³/mol. The van der Waals surface area contributed by atoms with Crippen molar-refractivity contribution in [1.82, 2.24) is 9.97 Å². The van der Waals surface area contributed by atoms with Crippen LogP contribution in [-0.2, 0) is 12.2 Å². The number of aromatic amines is 1. The molecule has 1 aromatic heterocycles. The summed E-state index contributed by atoms with van der Waals surface area (Å²) < 4.78 is 1.03. The molecule has 1 aromatic carbocycles. The second-order valence-electron chi connectivity index (χ2n) is 4.30. The van der Waals surface area contributed by atoms with Crippen LogP contribution in [0.2, 0.25) is 0 Å². The second-order valence-corrected chi connectivity index (χ2v) is 6.26. The molecule has 1 heterocycles. The fraction of sp³-hybridized carbons (Fsp3) is 0.286. The normalized spacial score (nSPS) is 10.8. The van der Waals surface area contributed by atoms with E-state index in [-0.39, 0.29) is 12.2 Å². The lowest BCUT2D eigenvalue weighted by atomic mass is 10.2. The van der Waals surface area contributed by atoms with Crippen molar-refractivity contribution in [2.75, 3.05) is 6.61 Å². The van der Waals surface area contributed by atoms with E-state index in [1.54, 1.807) is 18.7 Å². The molecule has 0 aliphatic rings. The molecule has 4 nitrogen and oxygen atoms in total. The van der Waals surface area contributed by atoms with Crippen LogP contribution in [0, 0.1) is 6.92 Å². The minimum Gasteiger partial charge on any atom is -0.396 e. The molecular formula is C14H15BrN2O2S. The van der Waals surface area contributed by atoms with Gasteiger partial charge in [-0.25, -0.2) is 4.98 Å². The lowest BCUT2D eigenvalue weighted by Gasteiger charge is -2.06. The Bertz CT molecular complexity index is 658. The zero-order valence-corrected chi connectivity index (χ0v) is 13.4. The van der Waals surface area contributed by atoms with Crippen molar-refractivity contribution < 1.29 is 5.11 Å². The number of aliphatic hydroxyl groups excluding tert-OH is 1. The molecule has 106 valence electrons. The molecule has 0 radical (unpaired) electrons. The van der Waals surface area contributed by atoms with E-state index in [4.69, 9.17) is 5.11 Å². The molecule has 6 heteroatoms. The molecule has 0 fully saturated rings. The number of benzene rings is 1. The molecule has 2 N–H and O–H groups in total. The second kappa shape index (κ2) is 7.06. The first-order valence-corrected chi connectivity index (χ1v) is 7.96. The molecule has 0 amide bonds. The molecule has 0 bridgehead atoms. The van der Waals surface area contributed by atoms with E-state index in [2.05, 4.69) is 25.9 Å². The Morgan fingerprint density at radius 2 is 2.25 bits per heavy atom. The minimum absolute atomic E-state index is 0.0439. The van der Waals surface area contributed by atoms with Crippen LogP contribution in [-0.4, -0.2) is 21.7 Å². The van der Waals surface area contributed by atoms with Crippen molar-refractivity contribution in [3.05, 3.63) is 56.2 Å².